The molecule has 0 aliphatic carbocycles. The third kappa shape index (κ3) is 5.85. The van der Waals surface area contributed by atoms with Crippen molar-refractivity contribution in [1.82, 2.24) is 0 Å². The number of rotatable bonds is 6. The van der Waals surface area contributed by atoms with Crippen LogP contribution in [0.5, 0.6) is 11.5 Å². The van der Waals surface area contributed by atoms with Crippen LogP contribution in [0.1, 0.15) is 29.8 Å². The van der Waals surface area contributed by atoms with Crippen molar-refractivity contribution < 1.29 is 23.8 Å². The van der Waals surface area contributed by atoms with Crippen molar-refractivity contribution in [3.63, 3.8) is 0 Å². The second-order valence-electron chi connectivity index (χ2n) is 5.77. The Hall–Kier alpha value is -1.86. The van der Waals surface area contributed by atoms with Gasteiger partial charge in [-0.1, -0.05) is 15.9 Å². The van der Waals surface area contributed by atoms with Gasteiger partial charge in [-0.25, -0.2) is 9.59 Å². The van der Waals surface area contributed by atoms with E-state index in [1.165, 1.54) is 12.1 Å². The summed E-state index contributed by atoms with van der Waals surface area (Å²) in [7, 11) is 0. The second kappa shape index (κ2) is 9.19. The van der Waals surface area contributed by atoms with Gasteiger partial charge >= 0.3 is 11.9 Å². The summed E-state index contributed by atoms with van der Waals surface area (Å²) < 4.78 is 17.5. The monoisotopic (exact) mass is 484 g/mol. The SMILES string of the molecule is Cc1cc(Br)cc(Br)c1OCC(=O)Oc1ccc(C(=O)OC(C)C)cc1. The van der Waals surface area contributed by atoms with Crippen molar-refractivity contribution in [3.05, 3.63) is 56.5 Å². The molecule has 0 spiro atoms. The molecule has 138 valence electrons. The van der Waals surface area contributed by atoms with E-state index < -0.39 is 11.9 Å². The molecule has 7 heteroatoms. The molecule has 0 saturated carbocycles. The maximum absolute atomic E-state index is 12.0. The number of hydrogen-bond acceptors (Lipinski definition) is 5. The smallest absolute Gasteiger partial charge is 0.349 e. The normalized spacial score (nSPS) is 10.5. The van der Waals surface area contributed by atoms with Gasteiger partial charge in [0.1, 0.15) is 11.5 Å². The molecule has 0 saturated heterocycles. The highest BCUT2D eigenvalue weighted by Gasteiger charge is 2.13. The summed E-state index contributed by atoms with van der Waals surface area (Å²) in [6.07, 6.45) is -0.196. The number of benzene rings is 2. The van der Waals surface area contributed by atoms with E-state index in [1.807, 2.05) is 19.1 Å². The number of carbonyl (C=O) groups is 2. The molecule has 0 aliphatic rings. The average Bonchev–Trinajstić information content (AvgIpc) is 2.53. The first-order chi connectivity index (χ1) is 12.3. The van der Waals surface area contributed by atoms with Crippen LogP contribution in [0, 0.1) is 6.92 Å². The summed E-state index contributed by atoms with van der Waals surface area (Å²) in [4.78, 5) is 23.8. The van der Waals surface area contributed by atoms with E-state index in [0.717, 1.165) is 14.5 Å². The Kier molecular flexibility index (Phi) is 7.23. The quantitative estimate of drug-likeness (QED) is 0.422. The van der Waals surface area contributed by atoms with E-state index in [4.69, 9.17) is 14.2 Å². The van der Waals surface area contributed by atoms with Crippen LogP contribution in [0.4, 0.5) is 0 Å². The van der Waals surface area contributed by atoms with Gasteiger partial charge in [0.05, 0.1) is 16.1 Å². The number of esters is 2. The number of aryl methyl sites for hydroxylation is 1. The maximum Gasteiger partial charge on any atom is 0.349 e. The van der Waals surface area contributed by atoms with Crippen LogP contribution in [0.15, 0.2) is 45.3 Å². The lowest BCUT2D eigenvalue weighted by atomic mass is 10.2. The van der Waals surface area contributed by atoms with E-state index in [2.05, 4.69) is 31.9 Å². The largest absolute Gasteiger partial charge is 0.480 e. The first-order valence-corrected chi connectivity index (χ1v) is 9.45. The Morgan fingerprint density at radius 2 is 1.73 bits per heavy atom. The van der Waals surface area contributed by atoms with E-state index >= 15 is 0 Å². The zero-order valence-electron chi connectivity index (χ0n) is 14.5. The van der Waals surface area contributed by atoms with Gasteiger partial charge in [-0.3, -0.25) is 0 Å². The minimum absolute atomic E-state index is 0.196. The molecular weight excluding hydrogens is 468 g/mol. The number of halogens is 2. The fraction of sp³-hybridized carbons (Fsp3) is 0.263. The van der Waals surface area contributed by atoms with Crippen LogP contribution in [-0.4, -0.2) is 24.6 Å². The van der Waals surface area contributed by atoms with Crippen LogP contribution in [-0.2, 0) is 9.53 Å². The fourth-order valence-electron chi connectivity index (χ4n) is 2.10. The molecule has 0 bridgehead atoms. The van der Waals surface area contributed by atoms with Gasteiger partial charge in [0.25, 0.3) is 0 Å². The predicted octanol–water partition coefficient (Wildman–Crippen LogP) is 5.07. The molecule has 5 nitrogen and oxygen atoms in total. The molecule has 0 unspecified atom stereocenters. The summed E-state index contributed by atoms with van der Waals surface area (Å²) >= 11 is 6.79. The van der Waals surface area contributed by atoms with Gasteiger partial charge in [-0.05, 0) is 78.7 Å². The molecule has 2 aromatic rings. The highest BCUT2D eigenvalue weighted by Crippen LogP contribution is 2.32. The van der Waals surface area contributed by atoms with Gasteiger partial charge in [0.15, 0.2) is 6.61 Å². The van der Waals surface area contributed by atoms with Crippen molar-refractivity contribution >= 4 is 43.8 Å². The Bertz CT molecular complexity index is 777. The summed E-state index contributed by atoms with van der Waals surface area (Å²) in [5, 5.41) is 0. The van der Waals surface area contributed by atoms with Gasteiger partial charge < -0.3 is 14.2 Å². The molecule has 2 aromatic carbocycles. The first-order valence-electron chi connectivity index (χ1n) is 7.86. The van der Waals surface area contributed by atoms with Crippen molar-refractivity contribution in [1.29, 1.82) is 0 Å². The van der Waals surface area contributed by atoms with Crippen molar-refractivity contribution in [2.75, 3.05) is 6.61 Å². The molecule has 0 heterocycles. The Morgan fingerprint density at radius 1 is 1.08 bits per heavy atom. The molecule has 0 aliphatic heterocycles. The molecule has 0 radical (unpaired) electrons. The summed E-state index contributed by atoms with van der Waals surface area (Å²) in [6, 6.07) is 9.89. The van der Waals surface area contributed by atoms with Crippen LogP contribution in [0.2, 0.25) is 0 Å². The first kappa shape index (κ1) is 20.5. The highest BCUT2D eigenvalue weighted by atomic mass is 79.9. The lowest BCUT2D eigenvalue weighted by Crippen LogP contribution is -2.18. The third-order valence-corrected chi connectivity index (χ3v) is 4.24. The second-order valence-corrected chi connectivity index (χ2v) is 7.54. The molecule has 0 aromatic heterocycles. The summed E-state index contributed by atoms with van der Waals surface area (Å²) in [5.41, 5.74) is 1.27. The average molecular weight is 486 g/mol. The topological polar surface area (TPSA) is 61.8 Å². The number of hydrogen-bond donors (Lipinski definition) is 0. The Balaban J connectivity index is 1.93. The zero-order chi connectivity index (χ0) is 19.3. The standard InChI is InChI=1S/C19H18Br2O5/c1-11(2)25-19(23)13-4-6-15(7-5-13)26-17(22)10-24-18-12(3)8-14(20)9-16(18)21/h4-9,11H,10H2,1-3H3. The lowest BCUT2D eigenvalue weighted by Gasteiger charge is -2.12. The molecule has 0 amide bonds. The molecule has 2 rings (SSSR count). The molecule has 0 N–H and O–H groups in total. The highest BCUT2D eigenvalue weighted by molar-refractivity contribution is 9.11. The number of carbonyl (C=O) groups excluding carboxylic acids is 2. The van der Waals surface area contributed by atoms with Crippen molar-refractivity contribution in [2.24, 2.45) is 0 Å². The van der Waals surface area contributed by atoms with E-state index in [0.29, 0.717) is 17.1 Å². The number of ether oxygens (including phenoxy) is 3. The molecule has 0 fully saturated rings. The van der Waals surface area contributed by atoms with Crippen molar-refractivity contribution in [2.45, 2.75) is 26.9 Å². The van der Waals surface area contributed by atoms with Gasteiger partial charge in [-0.15, -0.1) is 0 Å². The van der Waals surface area contributed by atoms with Gasteiger partial charge in [0, 0.05) is 4.47 Å². The van der Waals surface area contributed by atoms with Crippen molar-refractivity contribution in [3.8, 4) is 11.5 Å². The van der Waals surface area contributed by atoms with Crippen LogP contribution in [0.25, 0.3) is 0 Å². The lowest BCUT2D eigenvalue weighted by molar-refractivity contribution is -0.136. The molecule has 26 heavy (non-hydrogen) atoms. The van der Waals surface area contributed by atoms with E-state index in [9.17, 15) is 9.59 Å². The predicted molar refractivity (Wildman–Crippen MR) is 105 cm³/mol. The van der Waals surface area contributed by atoms with Gasteiger partial charge in [0.2, 0.25) is 0 Å². The van der Waals surface area contributed by atoms with E-state index in [1.54, 1.807) is 26.0 Å². The third-order valence-electron chi connectivity index (χ3n) is 3.19. The van der Waals surface area contributed by atoms with Crippen LogP contribution >= 0.6 is 31.9 Å². The zero-order valence-corrected chi connectivity index (χ0v) is 17.7. The molecule has 0 atom stereocenters. The van der Waals surface area contributed by atoms with E-state index in [-0.39, 0.29) is 12.7 Å². The van der Waals surface area contributed by atoms with Crippen LogP contribution in [0.3, 0.4) is 0 Å². The van der Waals surface area contributed by atoms with Crippen LogP contribution < -0.4 is 9.47 Å². The van der Waals surface area contributed by atoms with Gasteiger partial charge in [-0.2, -0.15) is 0 Å². The molecular formula is C19H18Br2O5. The Labute approximate surface area is 168 Å². The summed E-state index contributed by atoms with van der Waals surface area (Å²) in [5.74, 6) is -0.0586. The minimum Gasteiger partial charge on any atom is -0.480 e. The summed E-state index contributed by atoms with van der Waals surface area (Å²) in [6.45, 7) is 5.20. The fourth-order valence-corrected chi connectivity index (χ4v) is 3.66. The maximum atomic E-state index is 12.0. The Morgan fingerprint density at radius 3 is 2.31 bits per heavy atom. The minimum atomic E-state index is -0.545.